The fraction of sp³-hybridized carbons (Fsp3) is 1.00. The van der Waals surface area contributed by atoms with Gasteiger partial charge in [-0.05, 0) is 42.9 Å². The molecule has 0 amide bonds. The molecule has 2 aliphatic carbocycles. The van der Waals surface area contributed by atoms with Crippen LogP contribution in [0, 0.1) is 23.7 Å². The SMILES string of the molecule is CCCCCCCCC(CCCCCCCC)CC1CC2CCCC2C1. The van der Waals surface area contributed by atoms with E-state index in [1.807, 2.05) is 0 Å². The molecule has 154 valence electrons. The van der Waals surface area contributed by atoms with Gasteiger partial charge < -0.3 is 0 Å². The lowest BCUT2D eigenvalue weighted by Gasteiger charge is -2.21. The van der Waals surface area contributed by atoms with Crippen LogP contribution in [0.2, 0.25) is 0 Å². The Morgan fingerprint density at radius 3 is 1.58 bits per heavy atom. The van der Waals surface area contributed by atoms with Crippen LogP contribution in [0.1, 0.15) is 142 Å². The van der Waals surface area contributed by atoms with Crippen LogP contribution in [-0.4, -0.2) is 0 Å². The molecule has 2 atom stereocenters. The van der Waals surface area contributed by atoms with Crippen molar-refractivity contribution in [1.82, 2.24) is 0 Å². The summed E-state index contributed by atoms with van der Waals surface area (Å²) in [6.07, 6.45) is 30.2. The van der Waals surface area contributed by atoms with E-state index in [-0.39, 0.29) is 0 Å². The third-order valence-electron chi connectivity index (χ3n) is 7.69. The second-order valence-corrected chi connectivity index (χ2v) is 10.0. The summed E-state index contributed by atoms with van der Waals surface area (Å²) in [4.78, 5) is 0. The summed E-state index contributed by atoms with van der Waals surface area (Å²) in [5.74, 6) is 4.46. The highest BCUT2D eigenvalue weighted by Gasteiger charge is 2.37. The van der Waals surface area contributed by atoms with Crippen molar-refractivity contribution in [2.45, 2.75) is 142 Å². The van der Waals surface area contributed by atoms with Gasteiger partial charge in [-0.25, -0.2) is 0 Å². The molecule has 0 bridgehead atoms. The molecule has 0 aliphatic heterocycles. The molecular formula is C26H50. The van der Waals surface area contributed by atoms with Crippen molar-refractivity contribution >= 4 is 0 Å². The van der Waals surface area contributed by atoms with Crippen molar-refractivity contribution in [3.05, 3.63) is 0 Å². The van der Waals surface area contributed by atoms with Gasteiger partial charge in [-0.3, -0.25) is 0 Å². The third kappa shape index (κ3) is 8.79. The second-order valence-electron chi connectivity index (χ2n) is 10.0. The highest BCUT2D eigenvalue weighted by Crippen LogP contribution is 2.49. The van der Waals surface area contributed by atoms with E-state index in [0.717, 1.165) is 23.7 Å². The Kier molecular flexibility index (Phi) is 12.1. The molecule has 0 nitrogen and oxygen atoms in total. The van der Waals surface area contributed by atoms with Gasteiger partial charge in [0, 0.05) is 0 Å². The first-order valence-corrected chi connectivity index (χ1v) is 12.8. The predicted octanol–water partition coefficient (Wildman–Crippen LogP) is 9.32. The zero-order valence-electron chi connectivity index (χ0n) is 18.5. The molecule has 2 fully saturated rings. The summed E-state index contributed by atoms with van der Waals surface area (Å²) < 4.78 is 0. The molecule has 0 N–H and O–H groups in total. The molecule has 0 aromatic carbocycles. The highest BCUT2D eigenvalue weighted by atomic mass is 14.4. The Morgan fingerprint density at radius 2 is 1.08 bits per heavy atom. The lowest BCUT2D eigenvalue weighted by Crippen LogP contribution is -2.08. The number of hydrogen-bond acceptors (Lipinski definition) is 0. The van der Waals surface area contributed by atoms with Crippen molar-refractivity contribution in [2.24, 2.45) is 23.7 Å². The van der Waals surface area contributed by atoms with E-state index in [9.17, 15) is 0 Å². The third-order valence-corrected chi connectivity index (χ3v) is 7.69. The van der Waals surface area contributed by atoms with Crippen LogP contribution < -0.4 is 0 Å². The largest absolute Gasteiger partial charge is 0.0654 e. The molecule has 2 rings (SSSR count). The zero-order chi connectivity index (χ0) is 18.5. The Balaban J connectivity index is 1.63. The predicted molar refractivity (Wildman–Crippen MR) is 118 cm³/mol. The lowest BCUT2D eigenvalue weighted by molar-refractivity contribution is 0.308. The Bertz CT molecular complexity index is 292. The van der Waals surface area contributed by atoms with Crippen LogP contribution in [0.3, 0.4) is 0 Å². The van der Waals surface area contributed by atoms with Crippen LogP contribution in [0.4, 0.5) is 0 Å². The van der Waals surface area contributed by atoms with Gasteiger partial charge in [-0.15, -0.1) is 0 Å². The maximum absolute atomic E-state index is 2.33. The average molecular weight is 363 g/mol. The van der Waals surface area contributed by atoms with Gasteiger partial charge in [0.25, 0.3) is 0 Å². The summed E-state index contributed by atoms with van der Waals surface area (Å²) >= 11 is 0. The van der Waals surface area contributed by atoms with Crippen LogP contribution in [0.5, 0.6) is 0 Å². The Labute approximate surface area is 166 Å². The van der Waals surface area contributed by atoms with E-state index in [1.165, 1.54) is 77.0 Å². The van der Waals surface area contributed by atoms with Crippen LogP contribution in [0.25, 0.3) is 0 Å². The van der Waals surface area contributed by atoms with E-state index in [4.69, 9.17) is 0 Å². The number of rotatable bonds is 16. The minimum atomic E-state index is 1.07. The molecule has 0 aromatic heterocycles. The first-order chi connectivity index (χ1) is 12.8. The molecule has 2 saturated carbocycles. The minimum Gasteiger partial charge on any atom is -0.0654 e. The van der Waals surface area contributed by atoms with E-state index < -0.39 is 0 Å². The van der Waals surface area contributed by atoms with Gasteiger partial charge in [0.05, 0.1) is 0 Å². The topological polar surface area (TPSA) is 0 Å². The van der Waals surface area contributed by atoms with E-state index in [1.54, 1.807) is 51.4 Å². The van der Waals surface area contributed by atoms with Crippen LogP contribution in [0.15, 0.2) is 0 Å². The standard InChI is InChI=1S/C26H50/c1-3-5-7-9-11-13-16-23(17-14-12-10-8-6-4-2)20-24-21-25-18-15-19-26(25)22-24/h23-26H,3-22H2,1-2H3. The fourth-order valence-electron chi connectivity index (χ4n) is 6.16. The molecule has 0 saturated heterocycles. The zero-order valence-corrected chi connectivity index (χ0v) is 18.5. The van der Waals surface area contributed by atoms with E-state index in [0.29, 0.717) is 0 Å². The summed E-state index contributed by atoms with van der Waals surface area (Å²) in [5, 5.41) is 0. The fourth-order valence-corrected chi connectivity index (χ4v) is 6.16. The van der Waals surface area contributed by atoms with Crippen molar-refractivity contribution in [3.63, 3.8) is 0 Å². The van der Waals surface area contributed by atoms with Gasteiger partial charge in [0.2, 0.25) is 0 Å². The van der Waals surface area contributed by atoms with Gasteiger partial charge in [-0.1, -0.05) is 123 Å². The van der Waals surface area contributed by atoms with Gasteiger partial charge in [0.1, 0.15) is 0 Å². The van der Waals surface area contributed by atoms with Crippen molar-refractivity contribution in [1.29, 1.82) is 0 Å². The van der Waals surface area contributed by atoms with Gasteiger partial charge in [0.15, 0.2) is 0 Å². The molecule has 2 unspecified atom stereocenters. The highest BCUT2D eigenvalue weighted by molar-refractivity contribution is 4.88. The van der Waals surface area contributed by atoms with E-state index >= 15 is 0 Å². The molecule has 0 heteroatoms. The van der Waals surface area contributed by atoms with Gasteiger partial charge >= 0.3 is 0 Å². The molecule has 2 aliphatic rings. The smallest absolute Gasteiger partial charge is 0.0383 e. The first kappa shape index (κ1) is 22.3. The molecule has 0 aromatic rings. The van der Waals surface area contributed by atoms with Crippen molar-refractivity contribution in [3.8, 4) is 0 Å². The quantitative estimate of drug-likeness (QED) is 0.240. The number of fused-ring (bicyclic) bond motifs is 1. The molecule has 26 heavy (non-hydrogen) atoms. The van der Waals surface area contributed by atoms with Crippen LogP contribution in [-0.2, 0) is 0 Å². The minimum absolute atomic E-state index is 1.07. The van der Waals surface area contributed by atoms with Crippen molar-refractivity contribution in [2.75, 3.05) is 0 Å². The summed E-state index contributed by atoms with van der Waals surface area (Å²) in [7, 11) is 0. The number of hydrogen-bond donors (Lipinski definition) is 0. The molecule has 0 heterocycles. The maximum atomic E-state index is 2.33. The summed E-state index contributed by atoms with van der Waals surface area (Å²) in [6, 6.07) is 0. The average Bonchev–Trinajstić information content (AvgIpc) is 3.22. The lowest BCUT2D eigenvalue weighted by atomic mass is 9.84. The van der Waals surface area contributed by atoms with Crippen molar-refractivity contribution < 1.29 is 0 Å². The monoisotopic (exact) mass is 362 g/mol. The molecule has 0 spiro atoms. The normalized spacial score (nSPS) is 25.3. The maximum Gasteiger partial charge on any atom is -0.0383 e. The molecule has 0 radical (unpaired) electrons. The Morgan fingerprint density at radius 1 is 0.615 bits per heavy atom. The molecular weight excluding hydrogens is 312 g/mol. The van der Waals surface area contributed by atoms with Gasteiger partial charge in [-0.2, -0.15) is 0 Å². The summed E-state index contributed by atoms with van der Waals surface area (Å²) in [5.41, 5.74) is 0. The summed E-state index contributed by atoms with van der Waals surface area (Å²) in [6.45, 7) is 4.65. The Hall–Kier alpha value is 0. The van der Waals surface area contributed by atoms with Crippen LogP contribution >= 0.6 is 0 Å². The second kappa shape index (κ2) is 14.1. The van der Waals surface area contributed by atoms with E-state index in [2.05, 4.69) is 13.8 Å². The number of unbranched alkanes of at least 4 members (excludes halogenated alkanes) is 10. The first-order valence-electron chi connectivity index (χ1n) is 12.8.